The van der Waals surface area contributed by atoms with Crippen molar-refractivity contribution in [2.75, 3.05) is 0 Å². The maximum Gasteiger partial charge on any atom is 0.241 e. The number of sulfonamides is 1. The third-order valence-corrected chi connectivity index (χ3v) is 5.91. The van der Waals surface area contributed by atoms with Crippen LogP contribution >= 0.6 is 0 Å². The Hall–Kier alpha value is -0.910. The van der Waals surface area contributed by atoms with Crippen molar-refractivity contribution in [2.24, 2.45) is 5.41 Å². The molecule has 118 valence electrons. The molecule has 0 bridgehead atoms. The molecule has 1 aromatic rings. The summed E-state index contributed by atoms with van der Waals surface area (Å²) < 4.78 is 28.1. The molecule has 1 aliphatic carbocycles. The van der Waals surface area contributed by atoms with Crippen molar-refractivity contribution in [3.63, 3.8) is 0 Å². The van der Waals surface area contributed by atoms with Gasteiger partial charge in [-0.05, 0) is 48.8 Å². The van der Waals surface area contributed by atoms with Crippen molar-refractivity contribution in [3.8, 4) is 0 Å². The van der Waals surface area contributed by atoms with Gasteiger partial charge in [-0.3, -0.25) is 0 Å². The quantitative estimate of drug-likeness (QED) is 0.898. The van der Waals surface area contributed by atoms with E-state index in [1.807, 2.05) is 0 Å². The molecule has 0 saturated heterocycles. The van der Waals surface area contributed by atoms with E-state index in [9.17, 15) is 13.5 Å². The molecule has 0 spiro atoms. The Balaban J connectivity index is 2.22. The second-order valence-electron chi connectivity index (χ2n) is 6.84. The van der Waals surface area contributed by atoms with Gasteiger partial charge >= 0.3 is 0 Å². The molecule has 1 unspecified atom stereocenters. The van der Waals surface area contributed by atoms with Crippen LogP contribution in [0.15, 0.2) is 23.1 Å². The molecule has 0 radical (unpaired) electrons. The molecule has 2 N–H and O–H groups in total. The van der Waals surface area contributed by atoms with Crippen LogP contribution in [-0.2, 0) is 16.6 Å². The van der Waals surface area contributed by atoms with Crippen molar-refractivity contribution in [3.05, 3.63) is 29.3 Å². The number of aliphatic hydroxyl groups excluding tert-OH is 1. The Morgan fingerprint density at radius 3 is 2.71 bits per heavy atom. The van der Waals surface area contributed by atoms with Crippen LogP contribution in [0.4, 0.5) is 0 Å². The van der Waals surface area contributed by atoms with Crippen molar-refractivity contribution < 1.29 is 13.5 Å². The molecule has 0 amide bonds. The number of hydrogen-bond donors (Lipinski definition) is 2. The minimum absolute atomic E-state index is 0.00377. The number of nitrogens with one attached hydrogen (secondary N) is 1. The summed E-state index contributed by atoms with van der Waals surface area (Å²) in [5.74, 6) is 0. The number of aryl methyl sites for hydroxylation is 1. The van der Waals surface area contributed by atoms with Gasteiger partial charge in [-0.2, -0.15) is 0 Å². The van der Waals surface area contributed by atoms with E-state index < -0.39 is 10.0 Å². The topological polar surface area (TPSA) is 66.4 Å². The van der Waals surface area contributed by atoms with Crippen LogP contribution in [0, 0.1) is 12.3 Å². The average molecular weight is 311 g/mol. The lowest BCUT2D eigenvalue weighted by Crippen LogP contribution is -2.40. The van der Waals surface area contributed by atoms with Gasteiger partial charge in [-0.25, -0.2) is 13.1 Å². The number of hydrogen-bond acceptors (Lipinski definition) is 3. The van der Waals surface area contributed by atoms with E-state index in [-0.39, 0.29) is 23.0 Å². The summed E-state index contributed by atoms with van der Waals surface area (Å²) >= 11 is 0. The third kappa shape index (κ3) is 4.05. The first-order valence-electron chi connectivity index (χ1n) is 7.46. The van der Waals surface area contributed by atoms with Gasteiger partial charge in [-0.15, -0.1) is 0 Å². The van der Waals surface area contributed by atoms with Crippen LogP contribution in [-0.4, -0.2) is 19.6 Å². The molecule has 1 atom stereocenters. The van der Waals surface area contributed by atoms with Gasteiger partial charge in [0.1, 0.15) is 0 Å². The number of aliphatic hydroxyl groups is 1. The Morgan fingerprint density at radius 1 is 1.38 bits per heavy atom. The van der Waals surface area contributed by atoms with Crippen LogP contribution in [0.3, 0.4) is 0 Å². The lowest BCUT2D eigenvalue weighted by atomic mass is 9.75. The molecule has 1 aliphatic rings. The summed E-state index contributed by atoms with van der Waals surface area (Å²) in [5.41, 5.74) is 1.51. The van der Waals surface area contributed by atoms with Gasteiger partial charge in [0.25, 0.3) is 0 Å². The van der Waals surface area contributed by atoms with Crippen molar-refractivity contribution in [1.82, 2.24) is 4.72 Å². The predicted molar refractivity (Wildman–Crippen MR) is 83.5 cm³/mol. The van der Waals surface area contributed by atoms with Crippen LogP contribution < -0.4 is 4.72 Å². The first-order valence-corrected chi connectivity index (χ1v) is 8.94. The fourth-order valence-corrected chi connectivity index (χ4v) is 4.68. The minimum atomic E-state index is -3.53. The summed E-state index contributed by atoms with van der Waals surface area (Å²) in [6.07, 6.45) is 3.95. The summed E-state index contributed by atoms with van der Waals surface area (Å²) in [6, 6.07) is 5.05. The van der Waals surface area contributed by atoms with Crippen LogP contribution in [0.1, 0.15) is 50.7 Å². The Bertz CT molecular complexity index is 608. The Morgan fingerprint density at radius 2 is 2.10 bits per heavy atom. The Labute approximate surface area is 127 Å². The largest absolute Gasteiger partial charge is 0.392 e. The van der Waals surface area contributed by atoms with E-state index in [1.54, 1.807) is 25.1 Å². The van der Waals surface area contributed by atoms with E-state index in [2.05, 4.69) is 18.6 Å². The molecule has 1 saturated carbocycles. The molecule has 2 rings (SSSR count). The number of rotatable bonds is 4. The summed E-state index contributed by atoms with van der Waals surface area (Å²) in [5, 5.41) is 9.19. The van der Waals surface area contributed by atoms with Crippen LogP contribution in [0.25, 0.3) is 0 Å². The van der Waals surface area contributed by atoms with E-state index in [1.165, 1.54) is 0 Å². The first-order chi connectivity index (χ1) is 9.73. The maximum atomic E-state index is 12.6. The highest BCUT2D eigenvalue weighted by molar-refractivity contribution is 7.89. The molecule has 0 heterocycles. The second kappa shape index (κ2) is 6.07. The zero-order valence-electron chi connectivity index (χ0n) is 13.0. The van der Waals surface area contributed by atoms with Gasteiger partial charge in [0, 0.05) is 6.04 Å². The molecule has 1 fully saturated rings. The standard InChI is InChI=1S/C16H25NO3S/c1-12-6-7-13(11-18)9-15(12)21(19,20)17-14-5-4-8-16(2,3)10-14/h6-7,9,14,17-18H,4-5,8,10-11H2,1-3H3. The van der Waals surface area contributed by atoms with E-state index in [0.29, 0.717) is 11.1 Å². The summed E-state index contributed by atoms with van der Waals surface area (Å²) in [7, 11) is -3.53. The van der Waals surface area contributed by atoms with E-state index in [4.69, 9.17) is 0 Å². The average Bonchev–Trinajstić information content (AvgIpc) is 2.37. The fourth-order valence-electron chi connectivity index (χ4n) is 3.11. The highest BCUT2D eigenvalue weighted by Gasteiger charge is 2.31. The van der Waals surface area contributed by atoms with Gasteiger partial charge in [0.15, 0.2) is 0 Å². The van der Waals surface area contributed by atoms with Gasteiger partial charge < -0.3 is 5.11 Å². The molecule has 5 heteroatoms. The fraction of sp³-hybridized carbons (Fsp3) is 0.625. The lowest BCUT2D eigenvalue weighted by Gasteiger charge is -2.35. The molecule has 0 aromatic heterocycles. The predicted octanol–water partition coefficient (Wildman–Crippen LogP) is 2.73. The number of benzene rings is 1. The Kier molecular flexibility index (Phi) is 4.76. The zero-order chi connectivity index (χ0) is 15.7. The van der Waals surface area contributed by atoms with E-state index >= 15 is 0 Å². The van der Waals surface area contributed by atoms with E-state index in [0.717, 1.165) is 25.7 Å². The highest BCUT2D eigenvalue weighted by Crippen LogP contribution is 2.35. The van der Waals surface area contributed by atoms with Crippen molar-refractivity contribution in [2.45, 2.75) is 64.0 Å². The molecule has 4 nitrogen and oxygen atoms in total. The summed E-state index contributed by atoms with van der Waals surface area (Å²) in [6.45, 7) is 6.00. The second-order valence-corrected chi connectivity index (χ2v) is 8.52. The lowest BCUT2D eigenvalue weighted by molar-refractivity contribution is 0.212. The van der Waals surface area contributed by atoms with Gasteiger partial charge in [0.05, 0.1) is 11.5 Å². The third-order valence-electron chi connectivity index (χ3n) is 4.25. The monoisotopic (exact) mass is 311 g/mol. The first kappa shape index (κ1) is 16.5. The molecule has 0 aliphatic heterocycles. The van der Waals surface area contributed by atoms with Crippen molar-refractivity contribution in [1.29, 1.82) is 0 Å². The highest BCUT2D eigenvalue weighted by atomic mass is 32.2. The SMILES string of the molecule is Cc1ccc(CO)cc1S(=O)(=O)NC1CCCC(C)(C)C1. The smallest absolute Gasteiger partial charge is 0.241 e. The molecule has 21 heavy (non-hydrogen) atoms. The van der Waals surface area contributed by atoms with Crippen LogP contribution in [0.5, 0.6) is 0 Å². The maximum absolute atomic E-state index is 12.6. The molecular formula is C16H25NO3S. The summed E-state index contributed by atoms with van der Waals surface area (Å²) in [4.78, 5) is 0.275. The molecular weight excluding hydrogens is 286 g/mol. The van der Waals surface area contributed by atoms with Gasteiger partial charge in [-0.1, -0.05) is 32.4 Å². The normalized spacial score (nSPS) is 22.2. The van der Waals surface area contributed by atoms with Crippen LogP contribution in [0.2, 0.25) is 0 Å². The molecule has 1 aromatic carbocycles. The minimum Gasteiger partial charge on any atom is -0.392 e. The zero-order valence-corrected chi connectivity index (χ0v) is 13.8. The van der Waals surface area contributed by atoms with Crippen molar-refractivity contribution >= 4 is 10.0 Å². The van der Waals surface area contributed by atoms with Gasteiger partial charge in [0.2, 0.25) is 10.0 Å².